The molecule has 1 aromatic heterocycles. The summed E-state index contributed by atoms with van der Waals surface area (Å²) >= 11 is 0. The highest BCUT2D eigenvalue weighted by Crippen LogP contribution is 2.38. The van der Waals surface area contributed by atoms with E-state index < -0.39 is 0 Å². The van der Waals surface area contributed by atoms with Crippen molar-refractivity contribution < 1.29 is 5.11 Å². The summed E-state index contributed by atoms with van der Waals surface area (Å²) < 4.78 is 2.40. The molecule has 0 unspecified atom stereocenters. The molecule has 0 spiro atoms. The molecule has 0 aliphatic carbocycles. The number of nitrogens with zero attached hydrogens (tertiary/aromatic N) is 1. The molecule has 0 atom stereocenters. The zero-order valence-corrected chi connectivity index (χ0v) is 30.2. The molecule has 9 rings (SSSR count). The van der Waals surface area contributed by atoms with Gasteiger partial charge in [-0.2, -0.15) is 0 Å². The Morgan fingerprint density at radius 2 is 1.15 bits per heavy atom. The van der Waals surface area contributed by atoms with E-state index in [0.29, 0.717) is 0 Å². The zero-order valence-electron chi connectivity index (χ0n) is 30.2. The lowest BCUT2D eigenvalue weighted by molar-refractivity contribution is 0.433. The largest absolute Gasteiger partial charge is 0.508 e. The number of hydrogen-bond acceptors (Lipinski definition) is 2. The number of aliphatic hydroxyl groups is 1. The second-order valence-electron chi connectivity index (χ2n) is 13.6. The van der Waals surface area contributed by atoms with E-state index in [2.05, 4.69) is 180 Å². The standard InChI is InChI=1S/C52H38N2O/c55-45(32-28-39-17-10-16-38-15-4-5-21-46(38)39)20-12-34-53-43-30-26-40(27-31-43)47-22-6-7-23-48(47)42-29-33-50-49-24-8-9-25-51(49)54(52(50)36-42)44-19-11-18-41(35-44)37-13-2-1-3-14-37/h1-36,53,55H/b32-28-,34-12+,45-20+. The van der Waals surface area contributed by atoms with E-state index in [0.717, 1.165) is 33.5 Å². The van der Waals surface area contributed by atoms with Crippen LogP contribution in [0.4, 0.5) is 5.69 Å². The Bertz CT molecular complexity index is 2890. The third-order valence-electron chi connectivity index (χ3n) is 10.2. The van der Waals surface area contributed by atoms with Gasteiger partial charge in [0.25, 0.3) is 0 Å². The highest BCUT2D eigenvalue weighted by molar-refractivity contribution is 6.10. The Labute approximate surface area is 321 Å². The van der Waals surface area contributed by atoms with Crippen molar-refractivity contribution in [3.8, 4) is 39.1 Å². The van der Waals surface area contributed by atoms with Crippen LogP contribution < -0.4 is 5.32 Å². The van der Waals surface area contributed by atoms with Gasteiger partial charge < -0.3 is 15.0 Å². The first-order valence-electron chi connectivity index (χ1n) is 18.6. The molecule has 0 bridgehead atoms. The summed E-state index contributed by atoms with van der Waals surface area (Å²) in [4.78, 5) is 0. The zero-order chi connectivity index (χ0) is 37.0. The Hall–Kier alpha value is -7.36. The van der Waals surface area contributed by atoms with Crippen molar-refractivity contribution in [2.24, 2.45) is 0 Å². The molecule has 0 amide bonds. The Balaban J connectivity index is 0.976. The predicted molar refractivity (Wildman–Crippen MR) is 234 cm³/mol. The van der Waals surface area contributed by atoms with E-state index in [4.69, 9.17) is 0 Å². The lowest BCUT2D eigenvalue weighted by Crippen LogP contribution is -1.95. The molecule has 0 radical (unpaired) electrons. The van der Waals surface area contributed by atoms with Crippen molar-refractivity contribution in [2.45, 2.75) is 0 Å². The number of anilines is 1. The minimum Gasteiger partial charge on any atom is -0.508 e. The molecule has 9 aromatic rings. The van der Waals surface area contributed by atoms with Gasteiger partial charge in [-0.1, -0.05) is 158 Å². The van der Waals surface area contributed by atoms with Crippen molar-refractivity contribution in [2.75, 3.05) is 5.32 Å². The maximum atomic E-state index is 10.5. The number of allylic oxidation sites excluding steroid dienone is 3. The molecule has 55 heavy (non-hydrogen) atoms. The Kier molecular flexibility index (Phi) is 9.09. The van der Waals surface area contributed by atoms with Gasteiger partial charge in [-0.3, -0.25) is 0 Å². The molecule has 0 aliphatic rings. The number of aliphatic hydroxyl groups excluding tert-OH is 1. The third-order valence-corrected chi connectivity index (χ3v) is 10.2. The van der Waals surface area contributed by atoms with Gasteiger partial charge in [0.15, 0.2) is 0 Å². The topological polar surface area (TPSA) is 37.2 Å². The van der Waals surface area contributed by atoms with Crippen LogP contribution in [0.25, 0.3) is 77.7 Å². The van der Waals surface area contributed by atoms with Gasteiger partial charge in [0.05, 0.1) is 11.0 Å². The minimum atomic E-state index is 0.178. The van der Waals surface area contributed by atoms with Crippen molar-refractivity contribution in [3.63, 3.8) is 0 Å². The summed E-state index contributed by atoms with van der Waals surface area (Å²) in [5, 5.41) is 18.6. The fraction of sp³-hybridized carbons (Fsp3) is 0. The number of nitrogens with one attached hydrogen (secondary N) is 1. The molecular weight excluding hydrogens is 669 g/mol. The molecule has 8 aromatic carbocycles. The lowest BCUT2D eigenvalue weighted by atomic mass is 9.94. The van der Waals surface area contributed by atoms with Crippen molar-refractivity contribution in [1.29, 1.82) is 0 Å². The maximum Gasteiger partial charge on any atom is 0.115 e. The average molecular weight is 707 g/mol. The lowest BCUT2D eigenvalue weighted by Gasteiger charge is -2.13. The van der Waals surface area contributed by atoms with Crippen LogP contribution in [0.5, 0.6) is 0 Å². The number of fused-ring (bicyclic) bond motifs is 4. The number of rotatable bonds is 9. The average Bonchev–Trinajstić information content (AvgIpc) is 3.58. The Morgan fingerprint density at radius 1 is 0.491 bits per heavy atom. The second kappa shape index (κ2) is 14.9. The Morgan fingerprint density at radius 3 is 2.00 bits per heavy atom. The second-order valence-corrected chi connectivity index (χ2v) is 13.6. The fourth-order valence-corrected chi connectivity index (χ4v) is 7.52. The van der Waals surface area contributed by atoms with E-state index in [-0.39, 0.29) is 5.76 Å². The number of hydrogen-bond donors (Lipinski definition) is 2. The summed E-state index contributed by atoms with van der Waals surface area (Å²) in [6, 6.07) is 66.4. The first-order valence-corrected chi connectivity index (χ1v) is 18.6. The van der Waals surface area contributed by atoms with E-state index in [1.807, 2.05) is 30.5 Å². The monoisotopic (exact) mass is 706 g/mol. The number of aromatic nitrogens is 1. The highest BCUT2D eigenvalue weighted by atomic mass is 16.3. The van der Waals surface area contributed by atoms with Gasteiger partial charge in [0.2, 0.25) is 0 Å². The van der Waals surface area contributed by atoms with Gasteiger partial charge in [-0.25, -0.2) is 0 Å². The van der Waals surface area contributed by atoms with Crippen LogP contribution in [-0.2, 0) is 0 Å². The van der Waals surface area contributed by atoms with Gasteiger partial charge in [-0.05, 0) is 104 Å². The molecule has 2 N–H and O–H groups in total. The van der Waals surface area contributed by atoms with Crippen molar-refractivity contribution >= 4 is 44.3 Å². The summed E-state index contributed by atoms with van der Waals surface area (Å²) in [5.41, 5.74) is 12.6. The molecule has 0 saturated carbocycles. The van der Waals surface area contributed by atoms with E-state index >= 15 is 0 Å². The molecule has 3 heteroatoms. The molecule has 0 aliphatic heterocycles. The van der Waals surface area contributed by atoms with Crippen LogP contribution in [-0.4, -0.2) is 9.67 Å². The highest BCUT2D eigenvalue weighted by Gasteiger charge is 2.15. The number of benzene rings is 8. The molecule has 262 valence electrons. The maximum absolute atomic E-state index is 10.5. The SMILES string of the molecule is OC(/C=C\c1cccc2ccccc12)=C/C=C/Nc1ccc(-c2ccccc2-c2ccc3c4ccccc4n(-c4cccc(-c5ccccc5)c4)c3c2)cc1. The van der Waals surface area contributed by atoms with Crippen LogP contribution >= 0.6 is 0 Å². The van der Waals surface area contributed by atoms with Crippen molar-refractivity contribution in [3.05, 3.63) is 224 Å². The molecule has 0 fully saturated rings. The van der Waals surface area contributed by atoms with E-state index in [9.17, 15) is 5.11 Å². The fourth-order valence-electron chi connectivity index (χ4n) is 7.52. The quantitative estimate of drug-likeness (QED) is 0.116. The normalized spacial score (nSPS) is 12.0. The first-order chi connectivity index (χ1) is 27.2. The molecule has 3 nitrogen and oxygen atoms in total. The van der Waals surface area contributed by atoms with E-state index in [1.165, 1.54) is 49.4 Å². The predicted octanol–water partition coefficient (Wildman–Crippen LogP) is 14.0. The van der Waals surface area contributed by atoms with Crippen LogP contribution in [0.3, 0.4) is 0 Å². The van der Waals surface area contributed by atoms with E-state index in [1.54, 1.807) is 18.2 Å². The first kappa shape index (κ1) is 33.5. The van der Waals surface area contributed by atoms with Crippen LogP contribution in [0, 0.1) is 0 Å². The summed E-state index contributed by atoms with van der Waals surface area (Å²) in [6.07, 6.45) is 8.97. The third kappa shape index (κ3) is 6.83. The van der Waals surface area contributed by atoms with Crippen LogP contribution in [0.15, 0.2) is 218 Å². The van der Waals surface area contributed by atoms with Gasteiger partial charge in [-0.15, -0.1) is 0 Å². The molecule has 0 saturated heterocycles. The smallest absolute Gasteiger partial charge is 0.115 e. The summed E-state index contributed by atoms with van der Waals surface area (Å²) in [6.45, 7) is 0. The van der Waals surface area contributed by atoms with Gasteiger partial charge in [0.1, 0.15) is 5.76 Å². The van der Waals surface area contributed by atoms with Gasteiger partial charge >= 0.3 is 0 Å². The summed E-state index contributed by atoms with van der Waals surface area (Å²) in [5.74, 6) is 0.178. The van der Waals surface area contributed by atoms with Crippen LogP contribution in [0.1, 0.15) is 5.56 Å². The van der Waals surface area contributed by atoms with Crippen LogP contribution in [0.2, 0.25) is 0 Å². The van der Waals surface area contributed by atoms with Crippen molar-refractivity contribution in [1.82, 2.24) is 4.57 Å². The number of para-hydroxylation sites is 1. The minimum absolute atomic E-state index is 0.178. The molecule has 1 heterocycles. The van der Waals surface area contributed by atoms with Gasteiger partial charge in [0, 0.05) is 28.3 Å². The molecular formula is C52H38N2O. The summed E-state index contributed by atoms with van der Waals surface area (Å²) in [7, 11) is 0.